The minimum Gasteiger partial charge on any atom is -0.507 e. The lowest BCUT2D eigenvalue weighted by Crippen LogP contribution is -2.30. The number of nitrogens with zero attached hydrogens (tertiary/aromatic N) is 1. The van der Waals surface area contributed by atoms with Gasteiger partial charge in [-0.1, -0.05) is 5.16 Å². The number of aromatic hydroxyl groups is 1. The first kappa shape index (κ1) is 25.1. The molecule has 31 heavy (non-hydrogen) atoms. The van der Waals surface area contributed by atoms with Gasteiger partial charge in [0.25, 0.3) is 0 Å². The second-order valence-corrected chi connectivity index (χ2v) is 10.0. The topological polar surface area (TPSA) is 135 Å². The van der Waals surface area contributed by atoms with Gasteiger partial charge in [-0.25, -0.2) is 17.9 Å². The Morgan fingerprint density at radius 2 is 1.77 bits per heavy atom. The van der Waals surface area contributed by atoms with Gasteiger partial charge in [-0.3, -0.25) is 0 Å². The summed E-state index contributed by atoms with van der Waals surface area (Å²) in [5, 5.41) is 22.4. The number of rotatable bonds is 9. The van der Waals surface area contributed by atoms with Gasteiger partial charge in [0.1, 0.15) is 16.4 Å². The van der Waals surface area contributed by atoms with Crippen molar-refractivity contribution in [2.75, 3.05) is 0 Å². The molecule has 2 rings (SSSR count). The van der Waals surface area contributed by atoms with Crippen molar-refractivity contribution in [3.63, 3.8) is 0 Å². The van der Waals surface area contributed by atoms with E-state index in [0.717, 1.165) is 0 Å². The molecule has 0 spiro atoms. The number of benzene rings is 2. The van der Waals surface area contributed by atoms with Gasteiger partial charge >= 0.3 is 5.97 Å². The van der Waals surface area contributed by atoms with Gasteiger partial charge in [0.2, 0.25) is 16.1 Å². The van der Waals surface area contributed by atoms with Crippen LogP contribution in [0.25, 0.3) is 0 Å². The number of aliphatic carboxylic acids is 1. The summed E-state index contributed by atoms with van der Waals surface area (Å²) in [6.45, 7) is 4.69. The molecule has 0 bridgehead atoms. The van der Waals surface area contributed by atoms with Crippen LogP contribution in [0.15, 0.2) is 49.3 Å². The first-order chi connectivity index (χ1) is 14.4. The van der Waals surface area contributed by atoms with Crippen LogP contribution in [0.5, 0.6) is 17.2 Å². The molecule has 0 aromatic heterocycles. The SMILES string of the molecule is CC(C)NS(=O)(=O)c1cc(Oc2c(Br)cc(/C=N/OC(C)C(=O)O)cc2Br)ccc1O. The van der Waals surface area contributed by atoms with Crippen molar-refractivity contribution in [1.29, 1.82) is 0 Å². The van der Waals surface area contributed by atoms with E-state index in [4.69, 9.17) is 14.7 Å². The maximum Gasteiger partial charge on any atom is 0.347 e. The molecule has 3 N–H and O–H groups in total. The van der Waals surface area contributed by atoms with Crippen LogP contribution in [-0.4, -0.2) is 43.0 Å². The van der Waals surface area contributed by atoms with Crippen LogP contribution in [0.3, 0.4) is 0 Å². The van der Waals surface area contributed by atoms with Crippen LogP contribution in [0.2, 0.25) is 0 Å². The number of carbonyl (C=O) groups is 1. The minimum atomic E-state index is -3.93. The van der Waals surface area contributed by atoms with E-state index < -0.39 is 27.8 Å². The zero-order chi connectivity index (χ0) is 23.3. The number of carboxylic acid groups (broad SMARTS) is 1. The van der Waals surface area contributed by atoms with E-state index >= 15 is 0 Å². The van der Waals surface area contributed by atoms with E-state index in [9.17, 15) is 18.3 Å². The van der Waals surface area contributed by atoms with Gasteiger partial charge in [0.15, 0.2) is 5.75 Å². The van der Waals surface area contributed by atoms with Crippen LogP contribution < -0.4 is 9.46 Å². The third-order valence-corrected chi connectivity index (χ3v) is 6.49. The molecule has 168 valence electrons. The van der Waals surface area contributed by atoms with Crippen molar-refractivity contribution in [3.05, 3.63) is 44.8 Å². The van der Waals surface area contributed by atoms with Gasteiger partial charge < -0.3 is 19.8 Å². The predicted octanol–water partition coefficient (Wildman–Crippen LogP) is 4.22. The molecule has 0 saturated heterocycles. The number of carboxylic acids is 1. The smallest absolute Gasteiger partial charge is 0.347 e. The first-order valence-electron chi connectivity index (χ1n) is 8.85. The van der Waals surface area contributed by atoms with Crippen molar-refractivity contribution in [2.45, 2.75) is 37.8 Å². The lowest BCUT2D eigenvalue weighted by Gasteiger charge is -2.14. The van der Waals surface area contributed by atoms with E-state index in [0.29, 0.717) is 20.3 Å². The first-order valence-corrected chi connectivity index (χ1v) is 11.9. The van der Waals surface area contributed by atoms with Crippen LogP contribution in [0, 0.1) is 0 Å². The summed E-state index contributed by atoms with van der Waals surface area (Å²) in [7, 11) is -3.93. The fraction of sp³-hybridized carbons (Fsp3) is 0.263. The number of nitrogens with one attached hydrogen (secondary N) is 1. The summed E-state index contributed by atoms with van der Waals surface area (Å²) in [5.74, 6) is -1.01. The molecule has 1 unspecified atom stereocenters. The second kappa shape index (κ2) is 10.4. The predicted molar refractivity (Wildman–Crippen MR) is 121 cm³/mol. The number of sulfonamides is 1. The average molecular weight is 580 g/mol. The molecule has 0 amide bonds. The Bertz CT molecular complexity index is 1080. The van der Waals surface area contributed by atoms with Crippen LogP contribution in [0.4, 0.5) is 0 Å². The number of ether oxygens (including phenoxy) is 1. The molecule has 1 atom stereocenters. The fourth-order valence-electron chi connectivity index (χ4n) is 2.24. The van der Waals surface area contributed by atoms with E-state index in [1.807, 2.05) is 0 Å². The van der Waals surface area contributed by atoms with Gasteiger partial charge in [-0.2, -0.15) is 0 Å². The van der Waals surface area contributed by atoms with E-state index in [1.165, 1.54) is 31.3 Å². The molecule has 9 nitrogen and oxygen atoms in total. The van der Waals surface area contributed by atoms with Crippen LogP contribution in [0.1, 0.15) is 26.3 Å². The lowest BCUT2D eigenvalue weighted by atomic mass is 10.2. The van der Waals surface area contributed by atoms with Gasteiger partial charge in [-0.05, 0) is 82.5 Å². The highest BCUT2D eigenvalue weighted by Crippen LogP contribution is 2.39. The summed E-state index contributed by atoms with van der Waals surface area (Å²) in [6, 6.07) is 6.82. The molecular weight excluding hydrogens is 560 g/mol. The van der Waals surface area contributed by atoms with E-state index in [-0.39, 0.29) is 16.7 Å². The summed E-state index contributed by atoms with van der Waals surface area (Å²) < 4.78 is 34.1. The monoisotopic (exact) mass is 578 g/mol. The molecule has 0 aliphatic rings. The van der Waals surface area contributed by atoms with Crippen LogP contribution >= 0.6 is 31.9 Å². The summed E-state index contributed by atoms with van der Waals surface area (Å²) in [4.78, 5) is 15.3. The van der Waals surface area contributed by atoms with Crippen molar-refractivity contribution >= 4 is 54.1 Å². The molecule has 2 aromatic carbocycles. The van der Waals surface area contributed by atoms with Crippen molar-refractivity contribution in [1.82, 2.24) is 4.72 Å². The number of phenolic OH excluding ortho intramolecular Hbond substituents is 1. The largest absolute Gasteiger partial charge is 0.507 e. The minimum absolute atomic E-state index is 0.184. The van der Waals surface area contributed by atoms with Gasteiger partial charge in [-0.15, -0.1) is 0 Å². The second-order valence-electron chi connectivity index (χ2n) is 6.64. The Kier molecular flexibility index (Phi) is 8.46. The molecule has 0 fully saturated rings. The third-order valence-electron chi connectivity index (χ3n) is 3.62. The van der Waals surface area contributed by atoms with Crippen LogP contribution in [-0.2, 0) is 19.7 Å². The third kappa shape index (κ3) is 6.92. The van der Waals surface area contributed by atoms with Crippen molar-refractivity contribution < 1.29 is 33.0 Å². The molecule has 0 heterocycles. The number of halogens is 2. The standard InChI is InChI=1S/C19H20Br2N2O7S/c1-10(2)23-31(27,28)17-8-13(4-5-16(17)24)29-18-14(20)6-12(7-15(18)21)9-22-30-11(3)19(25)26/h4-11,23-24H,1-3H3,(H,25,26)/b22-9+. The van der Waals surface area contributed by atoms with Gasteiger partial charge in [0, 0.05) is 12.1 Å². The summed E-state index contributed by atoms with van der Waals surface area (Å²) in [5.41, 5.74) is 0.582. The maximum atomic E-state index is 12.4. The normalized spacial score (nSPS) is 12.8. The Morgan fingerprint density at radius 1 is 1.16 bits per heavy atom. The maximum absolute atomic E-state index is 12.4. The van der Waals surface area contributed by atoms with Gasteiger partial charge in [0.05, 0.1) is 15.2 Å². The number of hydrogen-bond acceptors (Lipinski definition) is 7. The summed E-state index contributed by atoms with van der Waals surface area (Å²) in [6.07, 6.45) is 0.248. The molecule has 0 aliphatic heterocycles. The number of hydrogen-bond donors (Lipinski definition) is 3. The Hall–Kier alpha value is -2.15. The lowest BCUT2D eigenvalue weighted by molar-refractivity contribution is -0.149. The zero-order valence-electron chi connectivity index (χ0n) is 16.7. The molecule has 2 aromatic rings. The highest BCUT2D eigenvalue weighted by Gasteiger charge is 2.21. The van der Waals surface area contributed by atoms with Crippen molar-refractivity contribution in [2.24, 2.45) is 5.16 Å². The van der Waals surface area contributed by atoms with E-state index in [2.05, 4.69) is 41.7 Å². The van der Waals surface area contributed by atoms with Crippen molar-refractivity contribution in [3.8, 4) is 17.2 Å². The summed E-state index contributed by atoms with van der Waals surface area (Å²) >= 11 is 6.75. The number of oxime groups is 1. The molecular formula is C19H20Br2N2O7S. The van der Waals surface area contributed by atoms with E-state index in [1.54, 1.807) is 26.0 Å². The highest BCUT2D eigenvalue weighted by molar-refractivity contribution is 9.11. The fourth-order valence-corrected chi connectivity index (χ4v) is 4.99. The quantitative estimate of drug-likeness (QED) is 0.299. The average Bonchev–Trinajstić information content (AvgIpc) is 2.64. The highest BCUT2D eigenvalue weighted by atomic mass is 79.9. The zero-order valence-corrected chi connectivity index (χ0v) is 20.7. The Morgan fingerprint density at radius 3 is 2.32 bits per heavy atom. The Labute approximate surface area is 196 Å². The molecule has 12 heteroatoms. The Balaban J connectivity index is 2.28. The number of phenols is 1. The molecule has 0 aliphatic carbocycles. The molecule has 0 radical (unpaired) electrons. The molecule has 0 saturated carbocycles.